The van der Waals surface area contributed by atoms with Crippen molar-refractivity contribution in [2.75, 3.05) is 0 Å². The minimum absolute atomic E-state index is 0.218. The fourth-order valence-corrected chi connectivity index (χ4v) is 6.14. The summed E-state index contributed by atoms with van der Waals surface area (Å²) in [5.41, 5.74) is 5.74. The molecule has 1 nitrogen and oxygen atoms in total. The number of rotatable bonds is 4. The summed E-state index contributed by atoms with van der Waals surface area (Å²) < 4.78 is 0. The highest BCUT2D eigenvalue weighted by Gasteiger charge is 2.69. The molecular formula is C32H24O. The first kappa shape index (κ1) is 19.7. The minimum atomic E-state index is -0.871. The van der Waals surface area contributed by atoms with Gasteiger partial charge in [-0.05, 0) is 39.8 Å². The lowest BCUT2D eigenvalue weighted by Gasteiger charge is -2.35. The second-order valence-electron chi connectivity index (χ2n) is 8.98. The van der Waals surface area contributed by atoms with Crippen LogP contribution in [0.4, 0.5) is 0 Å². The zero-order valence-electron chi connectivity index (χ0n) is 18.4. The van der Waals surface area contributed by atoms with Crippen LogP contribution in [0.2, 0.25) is 0 Å². The quantitative estimate of drug-likeness (QED) is 0.322. The number of benzene rings is 4. The maximum Gasteiger partial charge on any atom is 0.167 e. The number of allylic oxidation sites excluding steroid dienone is 3. The van der Waals surface area contributed by atoms with Crippen molar-refractivity contribution < 1.29 is 4.79 Å². The molecule has 0 amide bonds. The van der Waals surface area contributed by atoms with Crippen LogP contribution in [0.1, 0.15) is 28.7 Å². The van der Waals surface area contributed by atoms with Crippen LogP contribution < -0.4 is 0 Å². The molecule has 4 aromatic rings. The lowest BCUT2D eigenvalue weighted by atomic mass is 9.66. The van der Waals surface area contributed by atoms with E-state index in [0.29, 0.717) is 6.42 Å². The highest BCUT2D eigenvalue weighted by molar-refractivity contribution is 6.31. The standard InChI is InChI=1S/C32H24O/c1-23-22-31(26-18-10-4-11-19-26)28(24-14-6-2-7-15-24)29(25-16-8-3-9-17-25)32(23,30(31)33)27-20-12-5-13-21-27/h2-21H,1,22H2/t31-,32+/m0/s1. The second kappa shape index (κ2) is 7.28. The predicted molar refractivity (Wildman–Crippen MR) is 135 cm³/mol. The summed E-state index contributed by atoms with van der Waals surface area (Å²) in [5, 5.41) is 0. The molecule has 0 aromatic heterocycles. The largest absolute Gasteiger partial charge is 0.297 e. The Morgan fingerprint density at radius 2 is 0.970 bits per heavy atom. The van der Waals surface area contributed by atoms with E-state index in [9.17, 15) is 4.79 Å². The number of fused-ring (bicyclic) bond motifs is 2. The van der Waals surface area contributed by atoms with E-state index in [0.717, 1.165) is 39.0 Å². The van der Waals surface area contributed by atoms with E-state index in [1.54, 1.807) is 0 Å². The number of Topliss-reactive ketones (excluding diaryl/α,β-unsaturated/α-hetero) is 1. The molecule has 33 heavy (non-hydrogen) atoms. The Hall–Kier alpha value is -3.97. The molecule has 6 rings (SSSR count). The fourth-order valence-electron chi connectivity index (χ4n) is 6.14. The predicted octanol–water partition coefficient (Wildman–Crippen LogP) is 7.02. The Morgan fingerprint density at radius 3 is 1.48 bits per heavy atom. The molecule has 0 heterocycles. The third-order valence-corrected chi connectivity index (χ3v) is 7.39. The van der Waals surface area contributed by atoms with Crippen molar-refractivity contribution in [3.8, 4) is 0 Å². The first-order valence-corrected chi connectivity index (χ1v) is 11.4. The Morgan fingerprint density at radius 1 is 0.545 bits per heavy atom. The first-order valence-electron chi connectivity index (χ1n) is 11.4. The van der Waals surface area contributed by atoms with Gasteiger partial charge in [-0.15, -0.1) is 0 Å². The molecule has 2 aliphatic carbocycles. The maximum atomic E-state index is 14.9. The summed E-state index contributed by atoms with van der Waals surface area (Å²) in [7, 11) is 0. The molecule has 1 saturated carbocycles. The zero-order chi connectivity index (χ0) is 22.5. The topological polar surface area (TPSA) is 17.1 Å². The number of carbonyl (C=O) groups excluding carboxylic acids is 1. The van der Waals surface area contributed by atoms with E-state index in [1.165, 1.54) is 0 Å². The van der Waals surface area contributed by atoms with E-state index in [2.05, 4.69) is 79.4 Å². The molecule has 2 aliphatic rings. The van der Waals surface area contributed by atoms with Gasteiger partial charge in [0.15, 0.2) is 5.78 Å². The molecule has 0 aliphatic heterocycles. The van der Waals surface area contributed by atoms with Crippen LogP contribution in [-0.4, -0.2) is 5.78 Å². The summed E-state index contributed by atoms with van der Waals surface area (Å²) in [5.74, 6) is 0.218. The van der Waals surface area contributed by atoms with E-state index < -0.39 is 10.8 Å². The first-order chi connectivity index (χ1) is 16.2. The van der Waals surface area contributed by atoms with Gasteiger partial charge in [-0.25, -0.2) is 0 Å². The van der Waals surface area contributed by atoms with Crippen molar-refractivity contribution >= 4 is 16.9 Å². The number of carbonyl (C=O) groups is 1. The van der Waals surface area contributed by atoms with Gasteiger partial charge in [0.25, 0.3) is 0 Å². The van der Waals surface area contributed by atoms with E-state index >= 15 is 0 Å². The monoisotopic (exact) mass is 424 g/mol. The van der Waals surface area contributed by atoms with Gasteiger partial charge in [-0.2, -0.15) is 0 Å². The van der Waals surface area contributed by atoms with Crippen LogP contribution in [0.25, 0.3) is 11.1 Å². The van der Waals surface area contributed by atoms with Gasteiger partial charge in [0.05, 0.1) is 5.41 Å². The molecule has 0 unspecified atom stereocenters. The number of hydrogen-bond acceptors (Lipinski definition) is 1. The van der Waals surface area contributed by atoms with Gasteiger partial charge in [0, 0.05) is 0 Å². The average molecular weight is 425 g/mol. The van der Waals surface area contributed by atoms with Crippen molar-refractivity contribution in [3.63, 3.8) is 0 Å². The summed E-state index contributed by atoms with van der Waals surface area (Å²) in [4.78, 5) is 14.9. The Kier molecular flexibility index (Phi) is 4.35. The molecule has 1 heteroatoms. The van der Waals surface area contributed by atoms with Crippen molar-refractivity contribution in [3.05, 3.63) is 156 Å². The van der Waals surface area contributed by atoms with Crippen LogP contribution >= 0.6 is 0 Å². The zero-order valence-corrected chi connectivity index (χ0v) is 18.4. The molecule has 1 fully saturated rings. The van der Waals surface area contributed by atoms with Crippen LogP contribution in [0.15, 0.2) is 133 Å². The molecular weight excluding hydrogens is 400 g/mol. The SMILES string of the molecule is C=C1C[C@@]2(c3ccccc3)C(=O)[C@]1(c1ccccc1)C(c1ccccc1)=C2c1ccccc1. The van der Waals surface area contributed by atoms with Gasteiger partial charge < -0.3 is 0 Å². The second-order valence-corrected chi connectivity index (χ2v) is 8.98. The minimum Gasteiger partial charge on any atom is -0.297 e. The molecule has 4 aromatic carbocycles. The highest BCUT2D eigenvalue weighted by Crippen LogP contribution is 2.69. The van der Waals surface area contributed by atoms with Gasteiger partial charge in [0.2, 0.25) is 0 Å². The Labute approximate surface area is 194 Å². The van der Waals surface area contributed by atoms with Crippen LogP contribution in [0.5, 0.6) is 0 Å². The molecule has 0 saturated heterocycles. The summed E-state index contributed by atoms with van der Waals surface area (Å²) in [6.45, 7) is 4.56. The maximum absolute atomic E-state index is 14.9. The fraction of sp³-hybridized carbons (Fsp3) is 0.0938. The third kappa shape index (κ3) is 2.51. The molecule has 158 valence electrons. The summed E-state index contributed by atoms with van der Waals surface area (Å²) >= 11 is 0. The molecule has 0 N–H and O–H groups in total. The molecule has 2 bridgehead atoms. The van der Waals surface area contributed by atoms with Gasteiger partial charge in [-0.3, -0.25) is 4.79 Å². The lowest BCUT2D eigenvalue weighted by molar-refractivity contribution is -0.122. The number of ketones is 1. The Bertz CT molecular complexity index is 1380. The van der Waals surface area contributed by atoms with Crippen LogP contribution in [0.3, 0.4) is 0 Å². The van der Waals surface area contributed by atoms with Crippen LogP contribution in [-0.2, 0) is 15.6 Å². The lowest BCUT2D eigenvalue weighted by Crippen LogP contribution is -2.36. The van der Waals surface area contributed by atoms with E-state index in [-0.39, 0.29) is 5.78 Å². The van der Waals surface area contributed by atoms with Gasteiger partial charge >= 0.3 is 0 Å². The highest BCUT2D eigenvalue weighted by atomic mass is 16.1. The van der Waals surface area contributed by atoms with Gasteiger partial charge in [-0.1, -0.05) is 133 Å². The van der Waals surface area contributed by atoms with Crippen molar-refractivity contribution in [1.82, 2.24) is 0 Å². The molecule has 2 atom stereocenters. The van der Waals surface area contributed by atoms with Gasteiger partial charge in [0.1, 0.15) is 5.41 Å². The van der Waals surface area contributed by atoms with Crippen LogP contribution in [0, 0.1) is 0 Å². The van der Waals surface area contributed by atoms with E-state index in [1.807, 2.05) is 48.5 Å². The van der Waals surface area contributed by atoms with Crippen molar-refractivity contribution in [2.24, 2.45) is 0 Å². The average Bonchev–Trinajstić information content (AvgIpc) is 3.26. The normalized spacial score (nSPS) is 23.9. The van der Waals surface area contributed by atoms with E-state index in [4.69, 9.17) is 0 Å². The molecule has 0 radical (unpaired) electrons. The third-order valence-electron chi connectivity index (χ3n) is 7.39. The summed E-state index contributed by atoms with van der Waals surface area (Å²) in [6, 6.07) is 41.3. The molecule has 0 spiro atoms. The Balaban J connectivity index is 1.81. The van der Waals surface area contributed by atoms with Crippen molar-refractivity contribution in [1.29, 1.82) is 0 Å². The van der Waals surface area contributed by atoms with Crippen molar-refractivity contribution in [2.45, 2.75) is 17.3 Å². The summed E-state index contributed by atoms with van der Waals surface area (Å²) in [6.07, 6.45) is 0.616. The smallest absolute Gasteiger partial charge is 0.167 e. The number of hydrogen-bond donors (Lipinski definition) is 0.